The van der Waals surface area contributed by atoms with Gasteiger partial charge in [0.2, 0.25) is 11.8 Å². The van der Waals surface area contributed by atoms with Crippen molar-refractivity contribution in [3.63, 3.8) is 0 Å². The third-order valence-electron chi connectivity index (χ3n) is 1.83. The molecule has 0 aliphatic carbocycles. The van der Waals surface area contributed by atoms with Gasteiger partial charge in [0, 0.05) is 12.8 Å². The molecule has 1 atom stereocenters. The van der Waals surface area contributed by atoms with Crippen LogP contribution in [0.4, 0.5) is 13.2 Å². The molecule has 1 fully saturated rings. The Labute approximate surface area is 72.5 Å². The van der Waals surface area contributed by atoms with Gasteiger partial charge in [-0.3, -0.25) is 9.59 Å². The number of carbonyl (C=O) groups excluding carboxylic acids is 2. The minimum Gasteiger partial charge on any atom is -0.274 e. The van der Waals surface area contributed by atoms with Crippen LogP contribution in [0.25, 0.3) is 0 Å². The Hall–Kier alpha value is -1.07. The second-order valence-corrected chi connectivity index (χ2v) is 2.83. The van der Waals surface area contributed by atoms with Crippen LogP contribution < -0.4 is 0 Å². The maximum Gasteiger partial charge on any atom is 0.364 e. The highest BCUT2D eigenvalue weighted by molar-refractivity contribution is 6.02. The predicted molar refractivity (Wildman–Crippen MR) is 36.6 cm³/mol. The van der Waals surface area contributed by atoms with Crippen molar-refractivity contribution in [2.24, 2.45) is 0 Å². The average molecular weight is 195 g/mol. The number of hydrogen-bond acceptors (Lipinski definition) is 2. The SMILES string of the molecule is CC(F)C(F)(F)N1C(=O)CCC1=O. The van der Waals surface area contributed by atoms with E-state index in [0.29, 0.717) is 6.92 Å². The summed E-state index contributed by atoms with van der Waals surface area (Å²) in [5.41, 5.74) is 0. The molecule has 0 radical (unpaired) electrons. The Morgan fingerprint density at radius 2 is 1.69 bits per heavy atom. The largest absolute Gasteiger partial charge is 0.364 e. The highest BCUT2D eigenvalue weighted by Crippen LogP contribution is 2.31. The Morgan fingerprint density at radius 1 is 1.31 bits per heavy atom. The monoisotopic (exact) mass is 195 g/mol. The van der Waals surface area contributed by atoms with E-state index in [4.69, 9.17) is 0 Å². The number of alkyl halides is 3. The number of nitrogens with zero attached hydrogens (tertiary/aromatic N) is 1. The molecule has 0 aromatic carbocycles. The van der Waals surface area contributed by atoms with E-state index in [2.05, 4.69) is 0 Å². The summed E-state index contributed by atoms with van der Waals surface area (Å²) in [6, 6.07) is -4.01. The first-order valence-corrected chi connectivity index (χ1v) is 3.75. The summed E-state index contributed by atoms with van der Waals surface area (Å²) >= 11 is 0. The number of amides is 2. The van der Waals surface area contributed by atoms with Crippen molar-refractivity contribution in [1.82, 2.24) is 4.90 Å². The van der Waals surface area contributed by atoms with Crippen molar-refractivity contribution >= 4 is 11.8 Å². The molecule has 1 saturated heterocycles. The first-order chi connectivity index (χ1) is 5.87. The van der Waals surface area contributed by atoms with Gasteiger partial charge in [0.1, 0.15) is 0 Å². The lowest BCUT2D eigenvalue weighted by atomic mass is 10.3. The lowest BCUT2D eigenvalue weighted by Crippen LogP contribution is -2.50. The molecular weight excluding hydrogens is 187 g/mol. The van der Waals surface area contributed by atoms with Crippen LogP contribution in [0.2, 0.25) is 0 Å². The Bertz CT molecular complexity index is 236. The van der Waals surface area contributed by atoms with Gasteiger partial charge in [0.05, 0.1) is 0 Å². The standard InChI is InChI=1S/C7H8F3NO2/c1-4(8)7(9,10)11-5(12)2-3-6(11)13/h4H,2-3H2,1H3. The average Bonchev–Trinajstić information content (AvgIpc) is 2.30. The molecule has 6 heteroatoms. The Balaban J connectivity index is 2.92. The molecule has 0 saturated carbocycles. The molecule has 74 valence electrons. The highest BCUT2D eigenvalue weighted by Gasteiger charge is 2.51. The predicted octanol–water partition coefficient (Wildman–Crippen LogP) is 1.09. The van der Waals surface area contributed by atoms with Gasteiger partial charge in [0.15, 0.2) is 6.17 Å². The van der Waals surface area contributed by atoms with Gasteiger partial charge in [-0.05, 0) is 6.92 Å². The van der Waals surface area contributed by atoms with Crippen molar-refractivity contribution in [2.75, 3.05) is 0 Å². The topological polar surface area (TPSA) is 37.4 Å². The summed E-state index contributed by atoms with van der Waals surface area (Å²) in [5, 5.41) is 0. The first-order valence-electron chi connectivity index (χ1n) is 3.75. The molecule has 0 aromatic rings. The van der Waals surface area contributed by atoms with Crippen LogP contribution in [0.3, 0.4) is 0 Å². The Morgan fingerprint density at radius 3 is 2.00 bits per heavy atom. The number of rotatable bonds is 2. The number of hydrogen-bond donors (Lipinski definition) is 0. The molecular formula is C7H8F3NO2. The van der Waals surface area contributed by atoms with E-state index < -0.39 is 24.0 Å². The number of likely N-dealkylation sites (tertiary alicyclic amines) is 1. The lowest BCUT2D eigenvalue weighted by molar-refractivity contribution is -0.194. The van der Waals surface area contributed by atoms with Crippen LogP contribution in [0, 0.1) is 0 Å². The fourth-order valence-corrected chi connectivity index (χ4v) is 1.09. The summed E-state index contributed by atoms with van der Waals surface area (Å²) in [4.78, 5) is 21.3. The molecule has 1 rings (SSSR count). The number of halogens is 3. The summed E-state index contributed by atoms with van der Waals surface area (Å²) in [5.74, 6) is -2.03. The second kappa shape index (κ2) is 3.01. The van der Waals surface area contributed by atoms with Gasteiger partial charge < -0.3 is 0 Å². The van der Waals surface area contributed by atoms with E-state index in [1.54, 1.807) is 0 Å². The van der Waals surface area contributed by atoms with Crippen LogP contribution in [0.1, 0.15) is 19.8 Å². The molecule has 1 aliphatic rings. The molecule has 1 aliphatic heterocycles. The molecule has 0 bridgehead atoms. The molecule has 1 heterocycles. The zero-order chi connectivity index (χ0) is 10.2. The number of carbonyl (C=O) groups is 2. The normalized spacial score (nSPS) is 21.1. The van der Waals surface area contributed by atoms with Gasteiger partial charge in [-0.2, -0.15) is 8.78 Å². The van der Waals surface area contributed by atoms with E-state index in [-0.39, 0.29) is 17.7 Å². The minimum absolute atomic E-state index is 0.263. The third kappa shape index (κ3) is 1.52. The molecule has 0 spiro atoms. The first kappa shape index (κ1) is 10.0. The molecule has 0 N–H and O–H groups in total. The van der Waals surface area contributed by atoms with Gasteiger partial charge in [-0.15, -0.1) is 0 Å². The summed E-state index contributed by atoms with van der Waals surface area (Å²) in [7, 11) is 0. The summed E-state index contributed by atoms with van der Waals surface area (Å²) < 4.78 is 38.1. The van der Waals surface area contributed by atoms with Crippen molar-refractivity contribution < 1.29 is 22.8 Å². The van der Waals surface area contributed by atoms with Crippen molar-refractivity contribution in [3.8, 4) is 0 Å². The van der Waals surface area contributed by atoms with Crippen LogP contribution in [0.15, 0.2) is 0 Å². The molecule has 3 nitrogen and oxygen atoms in total. The Kier molecular flexibility index (Phi) is 2.32. The fraction of sp³-hybridized carbons (Fsp3) is 0.714. The smallest absolute Gasteiger partial charge is 0.274 e. The van der Waals surface area contributed by atoms with Crippen molar-refractivity contribution in [2.45, 2.75) is 32.0 Å². The zero-order valence-corrected chi connectivity index (χ0v) is 6.89. The maximum atomic E-state index is 12.9. The molecule has 2 amide bonds. The van der Waals surface area contributed by atoms with Crippen LogP contribution in [-0.2, 0) is 9.59 Å². The highest BCUT2D eigenvalue weighted by atomic mass is 19.3. The van der Waals surface area contributed by atoms with E-state index in [9.17, 15) is 22.8 Å². The maximum absolute atomic E-state index is 12.9. The summed E-state index contributed by atoms with van der Waals surface area (Å²) in [6.45, 7) is 0.610. The van der Waals surface area contributed by atoms with Crippen LogP contribution in [-0.4, -0.2) is 28.9 Å². The van der Waals surface area contributed by atoms with E-state index >= 15 is 0 Å². The van der Waals surface area contributed by atoms with Crippen molar-refractivity contribution in [1.29, 1.82) is 0 Å². The van der Waals surface area contributed by atoms with E-state index in [1.165, 1.54) is 0 Å². The van der Waals surface area contributed by atoms with Crippen molar-refractivity contribution in [3.05, 3.63) is 0 Å². The van der Waals surface area contributed by atoms with Gasteiger partial charge in [-0.25, -0.2) is 9.29 Å². The quantitative estimate of drug-likeness (QED) is 0.488. The lowest BCUT2D eigenvalue weighted by Gasteiger charge is -2.26. The van der Waals surface area contributed by atoms with Crippen LogP contribution in [0.5, 0.6) is 0 Å². The fourth-order valence-electron chi connectivity index (χ4n) is 1.09. The minimum atomic E-state index is -4.01. The molecule has 1 unspecified atom stereocenters. The van der Waals surface area contributed by atoms with Gasteiger partial charge >= 0.3 is 6.05 Å². The zero-order valence-electron chi connectivity index (χ0n) is 6.89. The van der Waals surface area contributed by atoms with E-state index in [0.717, 1.165) is 0 Å². The second-order valence-electron chi connectivity index (χ2n) is 2.83. The number of imide groups is 1. The van der Waals surface area contributed by atoms with E-state index in [1.807, 2.05) is 0 Å². The molecule has 0 aromatic heterocycles. The van der Waals surface area contributed by atoms with Crippen LogP contribution >= 0.6 is 0 Å². The summed E-state index contributed by atoms with van der Waals surface area (Å²) in [6.07, 6.45) is -3.07. The molecule has 13 heavy (non-hydrogen) atoms. The van der Waals surface area contributed by atoms with Gasteiger partial charge in [-0.1, -0.05) is 0 Å². The van der Waals surface area contributed by atoms with Gasteiger partial charge in [0.25, 0.3) is 0 Å². The third-order valence-corrected chi connectivity index (χ3v) is 1.83.